The smallest absolute Gasteiger partial charge is 0.107 e. The first kappa shape index (κ1) is 11.5. The molecule has 0 saturated heterocycles. The average molecular weight is 196 g/mol. The van der Waals surface area contributed by atoms with Crippen molar-refractivity contribution in [2.24, 2.45) is 11.3 Å². The lowest BCUT2D eigenvalue weighted by molar-refractivity contribution is -0.233. The number of hydrogen-bond acceptors (Lipinski definition) is 2. The van der Waals surface area contributed by atoms with Gasteiger partial charge in [0.1, 0.15) is 6.61 Å². The molecule has 0 aromatic rings. The fourth-order valence-electron chi connectivity index (χ4n) is 1.76. The number of rotatable bonds is 2. The normalized spacial score (nSPS) is 23.1. The van der Waals surface area contributed by atoms with Gasteiger partial charge in [0.2, 0.25) is 0 Å². The summed E-state index contributed by atoms with van der Waals surface area (Å²) in [5, 5.41) is 8.36. The van der Waals surface area contributed by atoms with Gasteiger partial charge in [-0.05, 0) is 29.7 Å². The van der Waals surface area contributed by atoms with Crippen LogP contribution < -0.4 is 0 Å². The Morgan fingerprint density at radius 2 is 2.21 bits per heavy atom. The summed E-state index contributed by atoms with van der Waals surface area (Å²) in [4.78, 5) is 4.14. The van der Waals surface area contributed by atoms with Crippen LogP contribution in [0.15, 0.2) is 23.8 Å². The second-order valence-electron chi connectivity index (χ2n) is 4.96. The summed E-state index contributed by atoms with van der Waals surface area (Å²) >= 11 is 0. The topological polar surface area (TPSA) is 29.5 Å². The van der Waals surface area contributed by atoms with E-state index in [0.29, 0.717) is 17.9 Å². The standard InChI is InChI=1S/C12H20O2/c1-12(2,3)11-6-4-5-10(7-8-11)9-14-13/h5,7-8,11,13H,4,6,9H2,1-3H3. The van der Waals surface area contributed by atoms with Gasteiger partial charge in [0.05, 0.1) is 0 Å². The Hall–Kier alpha value is -0.600. The maximum atomic E-state index is 8.36. The van der Waals surface area contributed by atoms with E-state index in [2.05, 4.69) is 43.9 Å². The molecule has 1 rings (SSSR count). The molecule has 0 amide bonds. The molecule has 0 radical (unpaired) electrons. The molecule has 0 aliphatic heterocycles. The van der Waals surface area contributed by atoms with Gasteiger partial charge in [-0.2, -0.15) is 0 Å². The Morgan fingerprint density at radius 3 is 2.79 bits per heavy atom. The maximum Gasteiger partial charge on any atom is 0.107 e. The zero-order valence-electron chi connectivity index (χ0n) is 9.29. The van der Waals surface area contributed by atoms with E-state index >= 15 is 0 Å². The molecular weight excluding hydrogens is 176 g/mol. The first-order valence-corrected chi connectivity index (χ1v) is 5.17. The van der Waals surface area contributed by atoms with E-state index < -0.39 is 0 Å². The van der Waals surface area contributed by atoms with Crippen LogP contribution in [0.1, 0.15) is 33.6 Å². The van der Waals surface area contributed by atoms with Crippen LogP contribution in [0.3, 0.4) is 0 Å². The molecular formula is C12H20O2. The van der Waals surface area contributed by atoms with Crippen LogP contribution in [-0.4, -0.2) is 11.9 Å². The number of hydrogen-bond donors (Lipinski definition) is 1. The third-order valence-electron chi connectivity index (χ3n) is 2.77. The third-order valence-corrected chi connectivity index (χ3v) is 2.77. The summed E-state index contributed by atoms with van der Waals surface area (Å²) in [5.41, 5.74) is 1.39. The van der Waals surface area contributed by atoms with Crippen molar-refractivity contribution in [1.82, 2.24) is 0 Å². The lowest BCUT2D eigenvalue weighted by atomic mass is 9.78. The molecule has 80 valence electrons. The average Bonchev–Trinajstić information content (AvgIpc) is 2.29. The van der Waals surface area contributed by atoms with Crippen LogP contribution in [0.5, 0.6) is 0 Å². The molecule has 1 aliphatic rings. The Balaban J connectivity index is 2.63. The molecule has 1 aliphatic carbocycles. The third kappa shape index (κ3) is 3.28. The van der Waals surface area contributed by atoms with Crippen molar-refractivity contribution >= 4 is 0 Å². The van der Waals surface area contributed by atoms with Crippen molar-refractivity contribution in [3.05, 3.63) is 23.8 Å². The Morgan fingerprint density at radius 1 is 1.50 bits per heavy atom. The summed E-state index contributed by atoms with van der Waals surface area (Å²) in [6.07, 6.45) is 8.68. The minimum atomic E-state index is 0.299. The first-order chi connectivity index (χ1) is 6.54. The Labute approximate surface area is 86.2 Å². The molecule has 0 spiro atoms. The van der Waals surface area contributed by atoms with Gasteiger partial charge in [-0.1, -0.05) is 39.0 Å². The minimum Gasteiger partial charge on any atom is -0.251 e. The summed E-state index contributed by atoms with van der Waals surface area (Å²) in [5.74, 6) is 0.606. The van der Waals surface area contributed by atoms with Crippen molar-refractivity contribution < 1.29 is 10.1 Å². The summed E-state index contributed by atoms with van der Waals surface area (Å²) < 4.78 is 0. The Kier molecular flexibility index (Phi) is 3.90. The van der Waals surface area contributed by atoms with Crippen molar-refractivity contribution in [3.8, 4) is 0 Å². The molecule has 2 heteroatoms. The molecule has 0 aromatic heterocycles. The van der Waals surface area contributed by atoms with Crippen LogP contribution in [-0.2, 0) is 4.89 Å². The van der Waals surface area contributed by atoms with Crippen LogP contribution in [0, 0.1) is 11.3 Å². The van der Waals surface area contributed by atoms with E-state index in [9.17, 15) is 0 Å². The van der Waals surface area contributed by atoms with Gasteiger partial charge < -0.3 is 0 Å². The second-order valence-corrected chi connectivity index (χ2v) is 4.96. The fourth-order valence-corrected chi connectivity index (χ4v) is 1.76. The molecule has 0 heterocycles. The van der Waals surface area contributed by atoms with Crippen molar-refractivity contribution in [2.75, 3.05) is 6.61 Å². The zero-order valence-corrected chi connectivity index (χ0v) is 9.29. The predicted molar refractivity (Wildman–Crippen MR) is 58.0 cm³/mol. The van der Waals surface area contributed by atoms with Gasteiger partial charge in [-0.15, -0.1) is 0 Å². The molecule has 1 unspecified atom stereocenters. The van der Waals surface area contributed by atoms with Gasteiger partial charge in [-0.25, -0.2) is 4.89 Å². The van der Waals surface area contributed by atoms with Crippen LogP contribution >= 0.6 is 0 Å². The lowest BCUT2D eigenvalue weighted by Gasteiger charge is -2.27. The molecule has 2 nitrogen and oxygen atoms in total. The molecule has 0 fully saturated rings. The van der Waals surface area contributed by atoms with E-state index in [1.807, 2.05) is 0 Å². The maximum absolute atomic E-state index is 8.36. The van der Waals surface area contributed by atoms with Gasteiger partial charge >= 0.3 is 0 Å². The largest absolute Gasteiger partial charge is 0.251 e. The lowest BCUT2D eigenvalue weighted by Crippen LogP contribution is -2.17. The van der Waals surface area contributed by atoms with Gasteiger partial charge in [-0.3, -0.25) is 5.26 Å². The van der Waals surface area contributed by atoms with E-state index in [-0.39, 0.29) is 0 Å². The van der Waals surface area contributed by atoms with E-state index in [0.717, 1.165) is 12.0 Å². The second kappa shape index (κ2) is 4.76. The molecule has 1 N–H and O–H groups in total. The van der Waals surface area contributed by atoms with Crippen LogP contribution in [0.4, 0.5) is 0 Å². The first-order valence-electron chi connectivity index (χ1n) is 5.17. The minimum absolute atomic E-state index is 0.299. The highest BCUT2D eigenvalue weighted by molar-refractivity contribution is 5.22. The summed E-state index contributed by atoms with van der Waals surface area (Å²) in [7, 11) is 0. The highest BCUT2D eigenvalue weighted by Crippen LogP contribution is 2.32. The monoisotopic (exact) mass is 196 g/mol. The van der Waals surface area contributed by atoms with E-state index in [1.165, 1.54) is 6.42 Å². The predicted octanol–water partition coefficient (Wildman–Crippen LogP) is 3.41. The SMILES string of the molecule is CC(C)(C)C1C=CC(COO)=CCC1. The van der Waals surface area contributed by atoms with E-state index in [4.69, 9.17) is 5.26 Å². The Bertz CT molecular complexity index is 233. The number of allylic oxidation sites excluding steroid dienone is 2. The van der Waals surface area contributed by atoms with Crippen molar-refractivity contribution in [2.45, 2.75) is 33.6 Å². The molecule has 1 atom stereocenters. The summed E-state index contributed by atoms with van der Waals surface area (Å²) in [6, 6.07) is 0. The van der Waals surface area contributed by atoms with Crippen molar-refractivity contribution in [3.63, 3.8) is 0 Å². The van der Waals surface area contributed by atoms with Crippen LogP contribution in [0.2, 0.25) is 0 Å². The summed E-state index contributed by atoms with van der Waals surface area (Å²) in [6.45, 7) is 7.08. The molecule has 0 bridgehead atoms. The quantitative estimate of drug-likeness (QED) is 0.541. The van der Waals surface area contributed by atoms with Gasteiger partial charge in [0.15, 0.2) is 0 Å². The van der Waals surface area contributed by atoms with Crippen molar-refractivity contribution in [1.29, 1.82) is 0 Å². The fraction of sp³-hybridized carbons (Fsp3) is 0.667. The highest BCUT2D eigenvalue weighted by Gasteiger charge is 2.22. The zero-order chi connectivity index (χ0) is 10.6. The highest BCUT2D eigenvalue weighted by atomic mass is 17.1. The molecule has 14 heavy (non-hydrogen) atoms. The van der Waals surface area contributed by atoms with E-state index in [1.54, 1.807) is 0 Å². The van der Waals surface area contributed by atoms with Crippen LogP contribution in [0.25, 0.3) is 0 Å². The van der Waals surface area contributed by atoms with Gasteiger partial charge in [0, 0.05) is 0 Å². The van der Waals surface area contributed by atoms with Gasteiger partial charge in [0.25, 0.3) is 0 Å². The molecule has 0 aromatic carbocycles. The molecule has 0 saturated carbocycles.